The molecule has 10 heteroatoms. The fraction of sp³-hybridized carbons (Fsp3) is 0.333. The summed E-state index contributed by atoms with van der Waals surface area (Å²) in [5, 5.41) is 7.76. The molecular formula is C9H10ClF3N2O3S. The lowest BCUT2D eigenvalue weighted by Gasteiger charge is -2.15. The van der Waals surface area contributed by atoms with Crippen LogP contribution in [-0.2, 0) is 10.0 Å². The lowest BCUT2D eigenvalue weighted by Crippen LogP contribution is -2.39. The van der Waals surface area contributed by atoms with Gasteiger partial charge in [0.05, 0.1) is 11.6 Å². The highest BCUT2D eigenvalue weighted by molar-refractivity contribution is 7.89. The zero-order valence-electron chi connectivity index (χ0n) is 9.33. The monoisotopic (exact) mass is 318 g/mol. The van der Waals surface area contributed by atoms with Crippen molar-refractivity contribution in [3.05, 3.63) is 23.0 Å². The van der Waals surface area contributed by atoms with Crippen molar-refractivity contribution >= 4 is 27.3 Å². The van der Waals surface area contributed by atoms with Crippen LogP contribution in [0.1, 0.15) is 0 Å². The predicted molar refractivity (Wildman–Crippen MR) is 63.0 cm³/mol. The number of aliphatic hydroxyl groups excluding tert-OH is 1. The molecule has 5 nitrogen and oxygen atoms in total. The fourth-order valence-electron chi connectivity index (χ4n) is 1.11. The largest absolute Gasteiger partial charge is 0.399 e. The van der Waals surface area contributed by atoms with E-state index in [1.807, 2.05) is 0 Å². The molecule has 0 saturated carbocycles. The summed E-state index contributed by atoms with van der Waals surface area (Å²) < 4.78 is 63.8. The van der Waals surface area contributed by atoms with Crippen molar-refractivity contribution in [2.24, 2.45) is 0 Å². The van der Waals surface area contributed by atoms with Crippen molar-refractivity contribution in [3.8, 4) is 0 Å². The van der Waals surface area contributed by atoms with Gasteiger partial charge in [-0.25, -0.2) is 26.3 Å². The molecule has 0 atom stereocenters. The molecule has 0 bridgehead atoms. The highest BCUT2D eigenvalue weighted by Crippen LogP contribution is 2.25. The first-order chi connectivity index (χ1) is 8.59. The van der Waals surface area contributed by atoms with Crippen LogP contribution < -0.4 is 10.5 Å². The van der Waals surface area contributed by atoms with E-state index in [1.54, 1.807) is 0 Å². The second-order valence-corrected chi connectivity index (χ2v) is 5.80. The van der Waals surface area contributed by atoms with Gasteiger partial charge in [0, 0.05) is 5.69 Å². The van der Waals surface area contributed by atoms with Crippen molar-refractivity contribution in [2.45, 2.75) is 10.8 Å². The fourth-order valence-corrected chi connectivity index (χ4v) is 2.59. The second-order valence-electron chi connectivity index (χ2n) is 3.65. The molecule has 0 spiro atoms. The Morgan fingerprint density at radius 3 is 2.53 bits per heavy atom. The van der Waals surface area contributed by atoms with E-state index in [-0.39, 0.29) is 5.69 Å². The highest BCUT2D eigenvalue weighted by atomic mass is 35.5. The number of sulfonamides is 1. The van der Waals surface area contributed by atoms with E-state index in [9.17, 15) is 21.6 Å². The molecule has 0 aliphatic heterocycles. The van der Waals surface area contributed by atoms with Crippen LogP contribution in [0.2, 0.25) is 5.02 Å². The normalized spacial score (nSPS) is 12.7. The summed E-state index contributed by atoms with van der Waals surface area (Å²) in [5.74, 6) is -4.95. The Morgan fingerprint density at radius 1 is 1.42 bits per heavy atom. The zero-order valence-corrected chi connectivity index (χ0v) is 10.9. The van der Waals surface area contributed by atoms with Crippen LogP contribution in [0.3, 0.4) is 0 Å². The molecule has 108 valence electrons. The summed E-state index contributed by atoms with van der Waals surface area (Å²) in [4.78, 5) is -0.939. The molecule has 4 N–H and O–H groups in total. The van der Waals surface area contributed by atoms with Gasteiger partial charge in [-0.3, -0.25) is 0 Å². The first-order valence-electron chi connectivity index (χ1n) is 4.82. The van der Waals surface area contributed by atoms with Gasteiger partial charge in [-0.05, 0) is 12.1 Å². The van der Waals surface area contributed by atoms with Gasteiger partial charge < -0.3 is 10.8 Å². The number of alkyl halides is 2. The van der Waals surface area contributed by atoms with Gasteiger partial charge in [0.2, 0.25) is 10.0 Å². The molecule has 1 aromatic carbocycles. The van der Waals surface area contributed by atoms with E-state index in [4.69, 9.17) is 22.4 Å². The summed E-state index contributed by atoms with van der Waals surface area (Å²) in [5.41, 5.74) is 5.16. The second kappa shape index (κ2) is 5.53. The first kappa shape index (κ1) is 16.0. The maximum absolute atomic E-state index is 13.5. The van der Waals surface area contributed by atoms with Crippen LogP contribution in [0, 0.1) is 5.82 Å². The Balaban J connectivity index is 3.08. The van der Waals surface area contributed by atoms with Crippen LogP contribution in [0.5, 0.6) is 0 Å². The smallest absolute Gasteiger partial charge is 0.283 e. The highest BCUT2D eigenvalue weighted by Gasteiger charge is 2.31. The number of aliphatic hydroxyl groups is 1. The molecule has 1 aromatic rings. The SMILES string of the molecule is Nc1cc(Cl)c(F)c(S(=O)(=O)NCC(F)(F)CO)c1. The zero-order chi connectivity index (χ0) is 14.8. The standard InChI is InChI=1S/C9H10ClF3N2O3S/c10-6-1-5(14)2-7(8(6)11)19(17,18)15-3-9(12,13)4-16/h1-2,15-16H,3-4,14H2. The number of nitrogens with two attached hydrogens (primary N) is 1. The Hall–Kier alpha value is -1.03. The minimum absolute atomic E-state index is 0.138. The average Bonchev–Trinajstić information content (AvgIpc) is 2.31. The summed E-state index contributed by atoms with van der Waals surface area (Å²) >= 11 is 5.41. The Bertz CT molecular complexity index is 580. The average molecular weight is 319 g/mol. The van der Waals surface area contributed by atoms with Crippen LogP contribution in [0.15, 0.2) is 17.0 Å². The number of hydrogen-bond acceptors (Lipinski definition) is 4. The first-order valence-corrected chi connectivity index (χ1v) is 6.68. The number of nitrogens with one attached hydrogen (secondary N) is 1. The number of hydrogen-bond donors (Lipinski definition) is 3. The Labute approximate surface area is 112 Å². The molecule has 0 heterocycles. The maximum Gasteiger partial charge on any atom is 0.283 e. The van der Waals surface area contributed by atoms with Gasteiger partial charge in [-0.2, -0.15) is 0 Å². The van der Waals surface area contributed by atoms with E-state index < -0.39 is 44.8 Å². The van der Waals surface area contributed by atoms with E-state index in [0.29, 0.717) is 0 Å². The lowest BCUT2D eigenvalue weighted by atomic mass is 10.3. The molecule has 0 aliphatic rings. The molecule has 0 aromatic heterocycles. The van der Waals surface area contributed by atoms with E-state index in [1.165, 1.54) is 4.72 Å². The van der Waals surface area contributed by atoms with Crippen LogP contribution in [-0.4, -0.2) is 32.6 Å². The topological polar surface area (TPSA) is 92.4 Å². The third-order valence-corrected chi connectivity index (χ3v) is 3.73. The molecule has 0 amide bonds. The quantitative estimate of drug-likeness (QED) is 0.705. The van der Waals surface area contributed by atoms with Crippen molar-refractivity contribution in [2.75, 3.05) is 18.9 Å². The van der Waals surface area contributed by atoms with Gasteiger partial charge in [-0.1, -0.05) is 11.6 Å². The Kier molecular flexibility index (Phi) is 4.67. The van der Waals surface area contributed by atoms with E-state index in [2.05, 4.69) is 0 Å². The molecule has 0 radical (unpaired) electrons. The number of benzene rings is 1. The van der Waals surface area contributed by atoms with Gasteiger partial charge >= 0.3 is 0 Å². The summed E-state index contributed by atoms with van der Waals surface area (Å²) in [6, 6.07) is 1.73. The molecular weight excluding hydrogens is 309 g/mol. The third-order valence-electron chi connectivity index (χ3n) is 2.06. The molecule has 0 unspecified atom stereocenters. The number of rotatable bonds is 5. The van der Waals surface area contributed by atoms with Gasteiger partial charge in [-0.15, -0.1) is 0 Å². The van der Waals surface area contributed by atoms with Crippen LogP contribution >= 0.6 is 11.6 Å². The summed E-state index contributed by atoms with van der Waals surface area (Å²) in [7, 11) is -4.56. The Morgan fingerprint density at radius 2 is 2.00 bits per heavy atom. The van der Waals surface area contributed by atoms with Crippen molar-refractivity contribution in [3.63, 3.8) is 0 Å². The lowest BCUT2D eigenvalue weighted by molar-refractivity contribution is -0.0437. The van der Waals surface area contributed by atoms with Crippen molar-refractivity contribution in [1.82, 2.24) is 4.72 Å². The summed E-state index contributed by atoms with van der Waals surface area (Å²) in [6.07, 6.45) is 0. The van der Waals surface area contributed by atoms with E-state index >= 15 is 0 Å². The van der Waals surface area contributed by atoms with Gasteiger partial charge in [0.25, 0.3) is 5.92 Å². The molecule has 0 saturated heterocycles. The van der Waals surface area contributed by atoms with E-state index in [0.717, 1.165) is 12.1 Å². The van der Waals surface area contributed by atoms with Gasteiger partial charge in [0.15, 0.2) is 5.82 Å². The maximum atomic E-state index is 13.5. The van der Waals surface area contributed by atoms with Crippen molar-refractivity contribution in [1.29, 1.82) is 0 Å². The van der Waals surface area contributed by atoms with Crippen molar-refractivity contribution < 1.29 is 26.7 Å². The third kappa shape index (κ3) is 3.96. The van der Waals surface area contributed by atoms with Crippen LogP contribution in [0.25, 0.3) is 0 Å². The summed E-state index contributed by atoms with van der Waals surface area (Å²) in [6.45, 7) is -2.92. The molecule has 0 aliphatic carbocycles. The number of anilines is 1. The molecule has 0 fully saturated rings. The minimum atomic E-state index is -4.56. The molecule has 19 heavy (non-hydrogen) atoms. The number of halogens is 4. The van der Waals surface area contributed by atoms with Crippen LogP contribution in [0.4, 0.5) is 18.9 Å². The number of nitrogen functional groups attached to an aromatic ring is 1. The predicted octanol–water partition coefficient (Wildman–Crippen LogP) is 0.967. The molecule has 1 rings (SSSR count). The van der Waals surface area contributed by atoms with Gasteiger partial charge in [0.1, 0.15) is 11.5 Å². The minimum Gasteiger partial charge on any atom is -0.399 e.